The van der Waals surface area contributed by atoms with E-state index in [1.807, 2.05) is 44.2 Å². The number of amides is 1. The van der Waals surface area contributed by atoms with E-state index in [2.05, 4.69) is 5.32 Å². The Labute approximate surface area is 130 Å². The third kappa shape index (κ3) is 7.08. The zero-order valence-corrected chi connectivity index (χ0v) is 13.0. The number of nitrogens with one attached hydrogen (secondary N) is 1. The molecule has 1 unspecified atom stereocenters. The number of carbonyl (C=O) groups excluding carboxylic acids is 2. The maximum Gasteiger partial charge on any atom is 0.409 e. The summed E-state index contributed by atoms with van der Waals surface area (Å²) >= 11 is 0. The van der Waals surface area contributed by atoms with E-state index in [9.17, 15) is 9.59 Å². The second kappa shape index (κ2) is 10.6. The highest BCUT2D eigenvalue weighted by molar-refractivity contribution is 5.80. The summed E-state index contributed by atoms with van der Waals surface area (Å²) in [5.74, 6) is -0.619. The standard InChI is InChI=1S/C16H23NO5/c1-3-10-20-14(15(18)21-11-4-2)17-16(19)22-12-13-8-6-5-7-9-13/h5-9,14H,3-4,10-12H2,1-2H3,(H,17,19). The predicted molar refractivity (Wildman–Crippen MR) is 81.0 cm³/mol. The Morgan fingerprint density at radius 2 is 1.73 bits per heavy atom. The lowest BCUT2D eigenvalue weighted by molar-refractivity contribution is -0.159. The lowest BCUT2D eigenvalue weighted by Crippen LogP contribution is -2.44. The van der Waals surface area contributed by atoms with Crippen LogP contribution in [0.5, 0.6) is 0 Å². The maximum absolute atomic E-state index is 11.8. The number of hydrogen-bond acceptors (Lipinski definition) is 5. The summed E-state index contributed by atoms with van der Waals surface area (Å²) in [5, 5.41) is 2.37. The third-order valence-electron chi connectivity index (χ3n) is 2.61. The van der Waals surface area contributed by atoms with Crippen LogP contribution in [0, 0.1) is 0 Å². The number of rotatable bonds is 9. The third-order valence-corrected chi connectivity index (χ3v) is 2.61. The summed E-state index contributed by atoms with van der Waals surface area (Å²) in [7, 11) is 0. The molecule has 6 nitrogen and oxygen atoms in total. The van der Waals surface area contributed by atoms with E-state index in [4.69, 9.17) is 14.2 Å². The number of alkyl carbamates (subject to hydrolysis) is 1. The van der Waals surface area contributed by atoms with Crippen LogP contribution in [0.2, 0.25) is 0 Å². The van der Waals surface area contributed by atoms with Crippen molar-refractivity contribution < 1.29 is 23.8 Å². The Hall–Kier alpha value is -2.08. The lowest BCUT2D eigenvalue weighted by atomic mass is 10.2. The fraction of sp³-hybridized carbons (Fsp3) is 0.500. The van der Waals surface area contributed by atoms with Crippen LogP contribution in [-0.2, 0) is 25.6 Å². The molecule has 6 heteroatoms. The molecule has 0 aromatic heterocycles. The average Bonchev–Trinajstić information content (AvgIpc) is 2.55. The molecule has 0 saturated heterocycles. The van der Waals surface area contributed by atoms with Crippen molar-refractivity contribution in [2.75, 3.05) is 13.2 Å². The van der Waals surface area contributed by atoms with Crippen molar-refractivity contribution in [1.82, 2.24) is 5.32 Å². The highest BCUT2D eigenvalue weighted by atomic mass is 16.6. The van der Waals surface area contributed by atoms with Crippen LogP contribution in [0.25, 0.3) is 0 Å². The summed E-state index contributed by atoms with van der Waals surface area (Å²) in [6, 6.07) is 9.27. The Morgan fingerprint density at radius 3 is 2.36 bits per heavy atom. The number of ether oxygens (including phenoxy) is 3. The summed E-state index contributed by atoms with van der Waals surface area (Å²) in [4.78, 5) is 23.5. The maximum atomic E-state index is 11.8. The highest BCUT2D eigenvalue weighted by Crippen LogP contribution is 2.02. The van der Waals surface area contributed by atoms with Crippen molar-refractivity contribution in [3.63, 3.8) is 0 Å². The van der Waals surface area contributed by atoms with E-state index in [1.165, 1.54) is 0 Å². The molecule has 22 heavy (non-hydrogen) atoms. The summed E-state index contributed by atoms with van der Waals surface area (Å²) in [5.41, 5.74) is 0.859. The second-order valence-corrected chi connectivity index (χ2v) is 4.62. The van der Waals surface area contributed by atoms with Crippen molar-refractivity contribution >= 4 is 12.1 Å². The molecule has 0 fully saturated rings. The smallest absolute Gasteiger partial charge is 0.409 e. The van der Waals surface area contributed by atoms with Gasteiger partial charge in [-0.1, -0.05) is 44.2 Å². The van der Waals surface area contributed by atoms with Crippen LogP contribution in [0.3, 0.4) is 0 Å². The van der Waals surface area contributed by atoms with Gasteiger partial charge in [-0.3, -0.25) is 5.32 Å². The fourth-order valence-electron chi connectivity index (χ4n) is 1.55. The van der Waals surface area contributed by atoms with Crippen LogP contribution in [0.4, 0.5) is 4.79 Å². The normalized spacial score (nSPS) is 11.5. The molecule has 122 valence electrons. The van der Waals surface area contributed by atoms with E-state index in [1.54, 1.807) is 0 Å². The van der Waals surface area contributed by atoms with E-state index in [0.717, 1.165) is 12.0 Å². The first-order valence-electron chi connectivity index (χ1n) is 7.42. The Bertz CT molecular complexity index is 449. The molecule has 1 atom stereocenters. The summed E-state index contributed by atoms with van der Waals surface area (Å²) in [6.45, 7) is 4.53. The topological polar surface area (TPSA) is 73.9 Å². The van der Waals surface area contributed by atoms with Crippen molar-refractivity contribution in [1.29, 1.82) is 0 Å². The van der Waals surface area contributed by atoms with Crippen LogP contribution < -0.4 is 5.32 Å². The first-order chi connectivity index (χ1) is 10.7. The number of carbonyl (C=O) groups is 2. The zero-order valence-electron chi connectivity index (χ0n) is 13.0. The molecule has 0 aliphatic heterocycles. The van der Waals surface area contributed by atoms with Gasteiger partial charge >= 0.3 is 12.1 Å². The van der Waals surface area contributed by atoms with Crippen molar-refractivity contribution in [3.05, 3.63) is 35.9 Å². The van der Waals surface area contributed by atoms with Crippen LogP contribution in [0.1, 0.15) is 32.3 Å². The molecule has 0 bridgehead atoms. The number of hydrogen-bond donors (Lipinski definition) is 1. The first-order valence-corrected chi connectivity index (χ1v) is 7.42. The van der Waals surface area contributed by atoms with Crippen molar-refractivity contribution in [2.24, 2.45) is 0 Å². The van der Waals surface area contributed by atoms with Gasteiger partial charge in [0, 0.05) is 6.61 Å². The Kier molecular flexibility index (Phi) is 8.67. The zero-order chi connectivity index (χ0) is 16.2. The van der Waals surface area contributed by atoms with Crippen LogP contribution in [-0.4, -0.2) is 31.5 Å². The van der Waals surface area contributed by atoms with E-state index < -0.39 is 18.3 Å². The lowest BCUT2D eigenvalue weighted by Gasteiger charge is -2.17. The van der Waals surface area contributed by atoms with Gasteiger partial charge in [0.15, 0.2) is 0 Å². The van der Waals surface area contributed by atoms with Gasteiger partial charge in [0.2, 0.25) is 6.23 Å². The number of benzene rings is 1. The Balaban J connectivity index is 2.45. The summed E-state index contributed by atoms with van der Waals surface area (Å²) < 4.78 is 15.3. The molecule has 0 saturated carbocycles. The van der Waals surface area contributed by atoms with Gasteiger partial charge in [-0.05, 0) is 18.4 Å². The average molecular weight is 309 g/mol. The van der Waals surface area contributed by atoms with Gasteiger partial charge in [0.1, 0.15) is 6.61 Å². The SMILES string of the molecule is CCCOC(=O)C(NC(=O)OCc1ccccc1)OCCC. The molecule has 0 radical (unpaired) electrons. The fourth-order valence-corrected chi connectivity index (χ4v) is 1.55. The first kappa shape index (κ1) is 18.0. The van der Waals surface area contributed by atoms with Gasteiger partial charge in [-0.25, -0.2) is 9.59 Å². The van der Waals surface area contributed by atoms with Gasteiger partial charge in [-0.2, -0.15) is 0 Å². The molecule has 0 aliphatic carbocycles. The largest absolute Gasteiger partial charge is 0.462 e. The summed E-state index contributed by atoms with van der Waals surface area (Å²) in [6.07, 6.45) is -0.448. The molecule has 1 aromatic rings. The number of esters is 1. The van der Waals surface area contributed by atoms with Crippen LogP contribution in [0.15, 0.2) is 30.3 Å². The molecular weight excluding hydrogens is 286 g/mol. The predicted octanol–water partition coefficient (Wildman–Crippen LogP) is 2.62. The van der Waals surface area contributed by atoms with E-state index in [0.29, 0.717) is 13.0 Å². The second-order valence-electron chi connectivity index (χ2n) is 4.62. The molecule has 1 rings (SSSR count). The van der Waals surface area contributed by atoms with Gasteiger partial charge in [0.25, 0.3) is 0 Å². The van der Waals surface area contributed by atoms with E-state index in [-0.39, 0.29) is 13.2 Å². The molecule has 1 amide bonds. The molecule has 0 heterocycles. The Morgan fingerprint density at radius 1 is 1.05 bits per heavy atom. The molecule has 0 aliphatic rings. The highest BCUT2D eigenvalue weighted by Gasteiger charge is 2.23. The van der Waals surface area contributed by atoms with Gasteiger partial charge < -0.3 is 14.2 Å². The molecule has 1 N–H and O–H groups in total. The minimum atomic E-state index is -1.14. The van der Waals surface area contributed by atoms with E-state index >= 15 is 0 Å². The van der Waals surface area contributed by atoms with Crippen molar-refractivity contribution in [3.8, 4) is 0 Å². The van der Waals surface area contributed by atoms with Gasteiger partial charge in [-0.15, -0.1) is 0 Å². The van der Waals surface area contributed by atoms with Crippen LogP contribution >= 0.6 is 0 Å². The quantitative estimate of drug-likeness (QED) is 0.560. The van der Waals surface area contributed by atoms with Gasteiger partial charge in [0.05, 0.1) is 6.61 Å². The molecule has 1 aromatic carbocycles. The minimum Gasteiger partial charge on any atom is -0.462 e. The molecule has 0 spiro atoms. The minimum absolute atomic E-state index is 0.122. The monoisotopic (exact) mass is 309 g/mol. The molecular formula is C16H23NO5. The van der Waals surface area contributed by atoms with Crippen molar-refractivity contribution in [2.45, 2.75) is 39.5 Å².